The van der Waals surface area contributed by atoms with Crippen LogP contribution >= 0.6 is 0 Å². The van der Waals surface area contributed by atoms with E-state index in [1.54, 1.807) is 0 Å². The van der Waals surface area contributed by atoms with Gasteiger partial charge in [0.15, 0.2) is 0 Å². The zero-order valence-corrected chi connectivity index (χ0v) is 12.7. The number of aryl methyl sites for hydroxylation is 3. The Morgan fingerprint density at radius 3 is 2.33 bits per heavy atom. The number of nitrogens with one attached hydrogen (secondary N) is 1. The van der Waals surface area contributed by atoms with E-state index >= 15 is 0 Å². The summed E-state index contributed by atoms with van der Waals surface area (Å²) in [5.74, 6) is 0.709. The van der Waals surface area contributed by atoms with E-state index in [0.717, 1.165) is 13.1 Å². The fourth-order valence-electron chi connectivity index (χ4n) is 2.01. The van der Waals surface area contributed by atoms with E-state index in [9.17, 15) is 0 Å². The first-order valence-corrected chi connectivity index (χ1v) is 6.86. The van der Waals surface area contributed by atoms with Crippen LogP contribution in [0, 0.1) is 26.7 Å². The van der Waals surface area contributed by atoms with Crippen LogP contribution in [-0.4, -0.2) is 13.1 Å². The maximum Gasteiger partial charge on any atom is 0.0165 e. The molecule has 0 fully saturated rings. The van der Waals surface area contributed by atoms with Gasteiger partial charge in [0.25, 0.3) is 0 Å². The van der Waals surface area contributed by atoms with Crippen molar-refractivity contribution in [3.63, 3.8) is 0 Å². The predicted octanol–water partition coefficient (Wildman–Crippen LogP) is 4.26. The first-order valence-electron chi connectivity index (χ1n) is 6.86. The van der Waals surface area contributed by atoms with Crippen LogP contribution in [0.3, 0.4) is 0 Å². The van der Waals surface area contributed by atoms with Crippen LogP contribution in [0.1, 0.15) is 43.0 Å². The van der Waals surface area contributed by atoms with Crippen LogP contribution in [0.25, 0.3) is 6.08 Å². The highest BCUT2D eigenvalue weighted by molar-refractivity contribution is 5.58. The number of hydrogen-bond acceptors (Lipinski definition) is 1. The second-order valence-corrected chi connectivity index (χ2v) is 5.81. The van der Waals surface area contributed by atoms with E-state index in [0.29, 0.717) is 5.92 Å². The lowest BCUT2D eigenvalue weighted by molar-refractivity contribution is 0.572. The standard InChI is InChI=1S/C17H27N/c1-12(2)10-18-11-13(3)7-17-9-15(5)14(4)8-16(17)6/h7-9,12,18H,10-11H2,1-6H3. The largest absolute Gasteiger partial charge is 0.313 e. The highest BCUT2D eigenvalue weighted by atomic mass is 14.8. The predicted molar refractivity (Wildman–Crippen MR) is 82.0 cm³/mol. The normalized spacial score (nSPS) is 12.3. The van der Waals surface area contributed by atoms with Gasteiger partial charge in [-0.15, -0.1) is 0 Å². The second kappa shape index (κ2) is 6.75. The monoisotopic (exact) mass is 245 g/mol. The average molecular weight is 245 g/mol. The molecule has 1 aromatic rings. The molecule has 1 N–H and O–H groups in total. The Morgan fingerprint density at radius 2 is 1.72 bits per heavy atom. The molecule has 0 radical (unpaired) electrons. The Morgan fingerprint density at radius 1 is 1.11 bits per heavy atom. The quantitative estimate of drug-likeness (QED) is 0.817. The molecule has 0 atom stereocenters. The summed E-state index contributed by atoms with van der Waals surface area (Å²) in [6.07, 6.45) is 2.30. The van der Waals surface area contributed by atoms with Gasteiger partial charge in [-0.25, -0.2) is 0 Å². The smallest absolute Gasteiger partial charge is 0.0165 e. The zero-order valence-electron chi connectivity index (χ0n) is 12.7. The van der Waals surface area contributed by atoms with Gasteiger partial charge in [-0.2, -0.15) is 0 Å². The van der Waals surface area contributed by atoms with Crippen LogP contribution in [-0.2, 0) is 0 Å². The lowest BCUT2D eigenvalue weighted by Crippen LogP contribution is -2.21. The molecule has 1 heteroatoms. The van der Waals surface area contributed by atoms with Gasteiger partial charge in [-0.05, 0) is 62.4 Å². The highest BCUT2D eigenvalue weighted by Crippen LogP contribution is 2.17. The van der Waals surface area contributed by atoms with Crippen LogP contribution in [0.4, 0.5) is 0 Å². The highest BCUT2D eigenvalue weighted by Gasteiger charge is 2.00. The molecule has 0 aliphatic heterocycles. The summed E-state index contributed by atoms with van der Waals surface area (Å²) in [4.78, 5) is 0. The first-order chi connectivity index (χ1) is 8.40. The van der Waals surface area contributed by atoms with Gasteiger partial charge in [0.05, 0.1) is 0 Å². The zero-order chi connectivity index (χ0) is 13.7. The van der Waals surface area contributed by atoms with Crippen LogP contribution in [0.15, 0.2) is 17.7 Å². The number of rotatable bonds is 5. The number of benzene rings is 1. The summed E-state index contributed by atoms with van der Waals surface area (Å²) in [6.45, 7) is 15.3. The summed E-state index contributed by atoms with van der Waals surface area (Å²) in [6, 6.07) is 4.56. The molecule has 1 aromatic carbocycles. The topological polar surface area (TPSA) is 12.0 Å². The Hall–Kier alpha value is -1.08. The minimum atomic E-state index is 0.709. The Labute approximate surface area is 112 Å². The third-order valence-electron chi connectivity index (χ3n) is 3.24. The maximum absolute atomic E-state index is 3.48. The van der Waals surface area contributed by atoms with Gasteiger partial charge in [-0.3, -0.25) is 0 Å². The van der Waals surface area contributed by atoms with Crippen molar-refractivity contribution in [2.24, 2.45) is 5.92 Å². The molecule has 0 spiro atoms. The van der Waals surface area contributed by atoms with Crippen LogP contribution in [0.5, 0.6) is 0 Å². The lowest BCUT2D eigenvalue weighted by atomic mass is 9.99. The lowest BCUT2D eigenvalue weighted by Gasteiger charge is -2.10. The third-order valence-corrected chi connectivity index (χ3v) is 3.24. The van der Waals surface area contributed by atoms with Gasteiger partial charge in [0, 0.05) is 6.54 Å². The van der Waals surface area contributed by atoms with Crippen molar-refractivity contribution in [2.45, 2.75) is 41.5 Å². The summed E-state index contributed by atoms with van der Waals surface area (Å²) in [5, 5.41) is 3.48. The molecule has 0 bridgehead atoms. The maximum atomic E-state index is 3.48. The molecule has 0 saturated heterocycles. The molecule has 0 aliphatic carbocycles. The van der Waals surface area contributed by atoms with Crippen molar-refractivity contribution in [2.75, 3.05) is 13.1 Å². The molecule has 0 aromatic heterocycles. The Kier molecular flexibility index (Phi) is 5.61. The molecule has 0 amide bonds. The molecule has 18 heavy (non-hydrogen) atoms. The van der Waals surface area contributed by atoms with Gasteiger partial charge >= 0.3 is 0 Å². The minimum Gasteiger partial charge on any atom is -0.313 e. The summed E-state index contributed by atoms with van der Waals surface area (Å²) in [5.41, 5.74) is 6.85. The molecule has 1 rings (SSSR count). The molecule has 0 unspecified atom stereocenters. The average Bonchev–Trinajstić information content (AvgIpc) is 2.25. The Balaban J connectivity index is 2.73. The Bertz CT molecular complexity index is 427. The molecule has 0 aliphatic rings. The molecule has 0 heterocycles. The van der Waals surface area contributed by atoms with E-state index in [-0.39, 0.29) is 0 Å². The van der Waals surface area contributed by atoms with Crippen molar-refractivity contribution in [1.29, 1.82) is 0 Å². The molecular weight excluding hydrogens is 218 g/mol. The molecule has 0 saturated carbocycles. The van der Waals surface area contributed by atoms with Gasteiger partial charge < -0.3 is 5.32 Å². The first kappa shape index (κ1) is 15.0. The molecular formula is C17H27N. The van der Waals surface area contributed by atoms with E-state index in [1.165, 1.54) is 27.8 Å². The molecule has 100 valence electrons. The summed E-state index contributed by atoms with van der Waals surface area (Å²) in [7, 11) is 0. The van der Waals surface area contributed by atoms with Crippen LogP contribution in [0.2, 0.25) is 0 Å². The SMILES string of the molecule is CC(=Cc1cc(C)c(C)cc1C)CNCC(C)C. The van der Waals surface area contributed by atoms with Crippen molar-refractivity contribution < 1.29 is 0 Å². The second-order valence-electron chi connectivity index (χ2n) is 5.81. The third kappa shape index (κ3) is 4.66. The fraction of sp³-hybridized carbons (Fsp3) is 0.529. The van der Waals surface area contributed by atoms with Crippen molar-refractivity contribution in [3.05, 3.63) is 40.0 Å². The fourth-order valence-corrected chi connectivity index (χ4v) is 2.01. The summed E-state index contributed by atoms with van der Waals surface area (Å²) >= 11 is 0. The minimum absolute atomic E-state index is 0.709. The number of hydrogen-bond donors (Lipinski definition) is 1. The van der Waals surface area contributed by atoms with Gasteiger partial charge in [0.1, 0.15) is 0 Å². The van der Waals surface area contributed by atoms with Gasteiger partial charge in [-0.1, -0.05) is 37.6 Å². The van der Waals surface area contributed by atoms with E-state index in [4.69, 9.17) is 0 Å². The van der Waals surface area contributed by atoms with Crippen molar-refractivity contribution >= 4 is 6.08 Å². The summed E-state index contributed by atoms with van der Waals surface area (Å²) < 4.78 is 0. The van der Waals surface area contributed by atoms with Crippen molar-refractivity contribution in [1.82, 2.24) is 5.32 Å². The van der Waals surface area contributed by atoms with Crippen molar-refractivity contribution in [3.8, 4) is 0 Å². The van der Waals surface area contributed by atoms with E-state index in [2.05, 4.69) is 65.1 Å². The van der Waals surface area contributed by atoms with Crippen LogP contribution < -0.4 is 5.32 Å². The molecule has 1 nitrogen and oxygen atoms in total. The van der Waals surface area contributed by atoms with E-state index < -0.39 is 0 Å². The van der Waals surface area contributed by atoms with E-state index in [1.807, 2.05) is 0 Å². The van der Waals surface area contributed by atoms with Gasteiger partial charge in [0.2, 0.25) is 0 Å².